The highest BCUT2D eigenvalue weighted by atomic mass is 16.5. The number of nitrogens with one attached hydrogen (secondary N) is 1. The number of hydrogen-bond acceptors (Lipinski definition) is 4. The van der Waals surface area contributed by atoms with Crippen LogP contribution in [0, 0.1) is 0 Å². The zero-order valence-corrected chi connectivity index (χ0v) is 16.1. The molecule has 2 amide bonds. The number of amides is 2. The van der Waals surface area contributed by atoms with E-state index in [1.807, 2.05) is 48.5 Å². The summed E-state index contributed by atoms with van der Waals surface area (Å²) in [6.45, 7) is 1.48. The van der Waals surface area contributed by atoms with E-state index in [0.717, 1.165) is 29.1 Å². The molecule has 6 heteroatoms. The number of hydrogen-bond donors (Lipinski definition) is 1. The monoisotopic (exact) mass is 382 g/mol. The molecule has 3 rings (SSSR count). The number of aryl methyl sites for hydroxylation is 1. The molecule has 1 heterocycles. The van der Waals surface area contributed by atoms with Crippen molar-refractivity contribution in [2.24, 2.45) is 0 Å². The predicted octanol–water partition coefficient (Wildman–Crippen LogP) is 3.41. The highest BCUT2D eigenvalue weighted by Crippen LogP contribution is 2.27. The third kappa shape index (κ3) is 5.33. The molecular formula is C22H26N2O4. The minimum Gasteiger partial charge on any atom is -0.494 e. The number of para-hydroxylation sites is 1. The summed E-state index contributed by atoms with van der Waals surface area (Å²) >= 11 is 0. The summed E-state index contributed by atoms with van der Waals surface area (Å²) in [5.41, 5.74) is 2.82. The van der Waals surface area contributed by atoms with Gasteiger partial charge in [0.15, 0.2) is 0 Å². The molecule has 2 aromatic carbocycles. The van der Waals surface area contributed by atoms with Crippen LogP contribution < -0.4 is 15.0 Å². The number of fused-ring (bicyclic) bond motifs is 1. The molecule has 0 bridgehead atoms. The molecule has 1 aliphatic rings. The summed E-state index contributed by atoms with van der Waals surface area (Å²) < 4.78 is 10.9. The summed E-state index contributed by atoms with van der Waals surface area (Å²) in [6, 6.07) is 15.3. The molecular weight excluding hydrogens is 356 g/mol. The van der Waals surface area contributed by atoms with Crippen LogP contribution in [0.25, 0.3) is 0 Å². The summed E-state index contributed by atoms with van der Waals surface area (Å²) in [6.07, 6.45) is 2.26. The van der Waals surface area contributed by atoms with Crippen LogP contribution in [0.1, 0.15) is 24.8 Å². The first-order valence-electron chi connectivity index (χ1n) is 9.57. The molecule has 148 valence electrons. The van der Waals surface area contributed by atoms with Gasteiger partial charge in [0.1, 0.15) is 5.75 Å². The van der Waals surface area contributed by atoms with E-state index in [0.29, 0.717) is 39.0 Å². The molecule has 0 saturated heterocycles. The summed E-state index contributed by atoms with van der Waals surface area (Å²) in [5.74, 6) is 0.873. The highest BCUT2D eigenvalue weighted by molar-refractivity contribution is 5.94. The lowest BCUT2D eigenvalue weighted by molar-refractivity contribution is -0.119. The molecule has 28 heavy (non-hydrogen) atoms. The van der Waals surface area contributed by atoms with E-state index in [2.05, 4.69) is 5.32 Å². The van der Waals surface area contributed by atoms with Gasteiger partial charge in [-0.1, -0.05) is 18.2 Å². The zero-order valence-electron chi connectivity index (χ0n) is 16.1. The number of anilines is 2. The smallest absolute Gasteiger partial charge is 0.227 e. The Bertz CT molecular complexity index is 807. The van der Waals surface area contributed by atoms with Gasteiger partial charge in [0.05, 0.1) is 13.2 Å². The lowest BCUT2D eigenvalue weighted by Crippen LogP contribution is -2.34. The molecule has 1 N–H and O–H groups in total. The van der Waals surface area contributed by atoms with Crippen molar-refractivity contribution in [3.63, 3.8) is 0 Å². The highest BCUT2D eigenvalue weighted by Gasteiger charge is 2.16. The summed E-state index contributed by atoms with van der Waals surface area (Å²) in [7, 11) is 1.63. The maximum Gasteiger partial charge on any atom is 0.227 e. The van der Waals surface area contributed by atoms with Crippen molar-refractivity contribution in [2.45, 2.75) is 25.7 Å². The van der Waals surface area contributed by atoms with Gasteiger partial charge < -0.3 is 19.7 Å². The Balaban J connectivity index is 1.49. The normalized spacial score (nSPS) is 12.8. The van der Waals surface area contributed by atoms with E-state index in [1.165, 1.54) is 0 Å². The minimum atomic E-state index is 0.0520. The van der Waals surface area contributed by atoms with Gasteiger partial charge in [-0.05, 0) is 48.7 Å². The molecule has 2 aromatic rings. The Morgan fingerprint density at radius 1 is 1.11 bits per heavy atom. The van der Waals surface area contributed by atoms with Gasteiger partial charge in [-0.25, -0.2) is 0 Å². The lowest BCUT2D eigenvalue weighted by atomic mass is 10.0. The predicted molar refractivity (Wildman–Crippen MR) is 109 cm³/mol. The van der Waals surface area contributed by atoms with Gasteiger partial charge in [-0.3, -0.25) is 9.59 Å². The average molecular weight is 382 g/mol. The van der Waals surface area contributed by atoms with Crippen LogP contribution in [0.2, 0.25) is 0 Å². The third-order valence-electron chi connectivity index (χ3n) is 4.66. The van der Waals surface area contributed by atoms with E-state index in [-0.39, 0.29) is 11.8 Å². The number of nitrogens with zero attached hydrogens (tertiary/aromatic N) is 1. The number of methoxy groups -OCH3 is 1. The van der Waals surface area contributed by atoms with Crippen LogP contribution in [0.15, 0.2) is 48.5 Å². The molecule has 0 saturated carbocycles. The molecule has 0 aromatic heterocycles. The second-order valence-electron chi connectivity index (χ2n) is 6.69. The SMILES string of the molecule is COCCN(C(=O)CCCOc1ccc2c(c1)CCC(=O)N2)c1ccccc1. The van der Waals surface area contributed by atoms with Crippen molar-refractivity contribution in [1.29, 1.82) is 0 Å². The Hall–Kier alpha value is -2.86. The molecule has 6 nitrogen and oxygen atoms in total. The van der Waals surface area contributed by atoms with E-state index in [1.54, 1.807) is 12.0 Å². The van der Waals surface area contributed by atoms with E-state index in [9.17, 15) is 9.59 Å². The number of carbonyl (C=O) groups excluding carboxylic acids is 2. The maximum absolute atomic E-state index is 12.7. The van der Waals surface area contributed by atoms with Gasteiger partial charge in [-0.15, -0.1) is 0 Å². The van der Waals surface area contributed by atoms with Crippen molar-refractivity contribution < 1.29 is 19.1 Å². The van der Waals surface area contributed by atoms with Gasteiger partial charge in [0.25, 0.3) is 0 Å². The van der Waals surface area contributed by atoms with Crippen molar-refractivity contribution in [3.05, 3.63) is 54.1 Å². The van der Waals surface area contributed by atoms with Gasteiger partial charge >= 0.3 is 0 Å². The van der Waals surface area contributed by atoms with Gasteiger partial charge in [0, 0.05) is 37.9 Å². The third-order valence-corrected chi connectivity index (χ3v) is 4.66. The first-order chi connectivity index (χ1) is 13.7. The van der Waals surface area contributed by atoms with Gasteiger partial charge in [-0.2, -0.15) is 0 Å². The molecule has 1 aliphatic heterocycles. The van der Waals surface area contributed by atoms with Crippen LogP contribution in [0.4, 0.5) is 11.4 Å². The van der Waals surface area contributed by atoms with Crippen molar-refractivity contribution in [3.8, 4) is 5.75 Å². The second kappa shape index (κ2) is 9.90. The zero-order chi connectivity index (χ0) is 19.8. The van der Waals surface area contributed by atoms with Crippen LogP contribution >= 0.6 is 0 Å². The van der Waals surface area contributed by atoms with E-state index < -0.39 is 0 Å². The fourth-order valence-electron chi connectivity index (χ4n) is 3.19. The Kier molecular flexibility index (Phi) is 7.03. The van der Waals surface area contributed by atoms with Crippen molar-refractivity contribution in [1.82, 2.24) is 0 Å². The first-order valence-corrected chi connectivity index (χ1v) is 9.57. The molecule has 0 fully saturated rings. The van der Waals surface area contributed by atoms with E-state index in [4.69, 9.17) is 9.47 Å². The van der Waals surface area contributed by atoms with Crippen molar-refractivity contribution >= 4 is 23.2 Å². The standard InChI is InChI=1S/C22H26N2O4/c1-27-15-13-24(18-6-3-2-4-7-18)22(26)8-5-14-28-19-10-11-20-17(16-19)9-12-21(25)23-20/h2-4,6-7,10-11,16H,5,8-9,12-15H2,1H3,(H,23,25). The van der Waals surface area contributed by atoms with Crippen LogP contribution in [-0.2, 0) is 20.7 Å². The Labute approximate surface area is 165 Å². The lowest BCUT2D eigenvalue weighted by Gasteiger charge is -2.22. The fourth-order valence-corrected chi connectivity index (χ4v) is 3.19. The van der Waals surface area contributed by atoms with E-state index >= 15 is 0 Å². The van der Waals surface area contributed by atoms with Crippen LogP contribution in [0.5, 0.6) is 5.75 Å². The average Bonchev–Trinajstić information content (AvgIpc) is 2.72. The van der Waals surface area contributed by atoms with Gasteiger partial charge in [0.2, 0.25) is 11.8 Å². The van der Waals surface area contributed by atoms with Crippen LogP contribution in [-0.4, -0.2) is 38.7 Å². The van der Waals surface area contributed by atoms with Crippen LogP contribution in [0.3, 0.4) is 0 Å². The van der Waals surface area contributed by atoms with Crippen molar-refractivity contribution in [2.75, 3.05) is 37.1 Å². The topological polar surface area (TPSA) is 67.9 Å². The molecule has 0 unspecified atom stereocenters. The molecule has 0 aliphatic carbocycles. The second-order valence-corrected chi connectivity index (χ2v) is 6.69. The number of carbonyl (C=O) groups is 2. The number of benzene rings is 2. The largest absolute Gasteiger partial charge is 0.494 e. The Morgan fingerprint density at radius 2 is 1.93 bits per heavy atom. The first kappa shape index (κ1) is 19.9. The molecule has 0 atom stereocenters. The Morgan fingerprint density at radius 3 is 2.71 bits per heavy atom. The fraction of sp³-hybridized carbons (Fsp3) is 0.364. The number of rotatable bonds is 9. The minimum absolute atomic E-state index is 0.0520. The molecule has 0 spiro atoms. The number of ether oxygens (including phenoxy) is 2. The maximum atomic E-state index is 12.7. The quantitative estimate of drug-likeness (QED) is 0.675. The summed E-state index contributed by atoms with van der Waals surface area (Å²) in [5, 5.41) is 2.86. The molecule has 0 radical (unpaired) electrons. The summed E-state index contributed by atoms with van der Waals surface area (Å²) in [4.78, 5) is 25.8.